The predicted molar refractivity (Wildman–Crippen MR) is 70.8 cm³/mol. The lowest BCUT2D eigenvalue weighted by atomic mass is 10.2. The average molecular weight is 270 g/mol. The van der Waals surface area contributed by atoms with Crippen molar-refractivity contribution in [2.75, 3.05) is 5.75 Å². The molecule has 0 bridgehead atoms. The van der Waals surface area contributed by atoms with Gasteiger partial charge in [-0.3, -0.25) is 9.59 Å². The van der Waals surface area contributed by atoms with Gasteiger partial charge in [-0.15, -0.1) is 0 Å². The zero-order valence-electron chi connectivity index (χ0n) is 10.9. The molecule has 5 nitrogen and oxygen atoms in total. The van der Waals surface area contributed by atoms with Gasteiger partial charge in [0.15, 0.2) is 5.16 Å². The van der Waals surface area contributed by atoms with Crippen LogP contribution < -0.4 is 5.56 Å². The van der Waals surface area contributed by atoms with E-state index in [9.17, 15) is 9.59 Å². The molecule has 0 unspecified atom stereocenters. The quantitative estimate of drug-likeness (QED) is 0.484. The van der Waals surface area contributed by atoms with Gasteiger partial charge < -0.3 is 9.72 Å². The minimum absolute atomic E-state index is 0.128. The highest BCUT2D eigenvalue weighted by atomic mass is 32.2. The van der Waals surface area contributed by atoms with Gasteiger partial charge in [0.05, 0.1) is 11.9 Å². The van der Waals surface area contributed by atoms with Crippen molar-refractivity contribution in [2.45, 2.75) is 44.9 Å². The monoisotopic (exact) mass is 270 g/mol. The lowest BCUT2D eigenvalue weighted by Crippen LogP contribution is -2.15. The summed E-state index contributed by atoms with van der Waals surface area (Å²) in [6.45, 7) is 5.62. The number of aryl methyl sites for hydroxylation is 1. The normalized spacial score (nSPS) is 10.7. The number of nitrogens with zero attached hydrogens (tertiary/aromatic N) is 1. The molecule has 18 heavy (non-hydrogen) atoms. The van der Waals surface area contributed by atoms with Gasteiger partial charge in [-0.05, 0) is 20.3 Å². The fourth-order valence-electron chi connectivity index (χ4n) is 1.36. The SMILES string of the molecule is CCCc1cc(=O)[nH]c(SCC(=O)OC(C)C)n1. The number of ether oxygens (including phenoxy) is 1. The molecule has 0 aliphatic carbocycles. The second-order valence-electron chi connectivity index (χ2n) is 4.12. The maximum absolute atomic E-state index is 11.4. The van der Waals surface area contributed by atoms with E-state index in [4.69, 9.17) is 4.74 Å². The molecule has 100 valence electrons. The number of aromatic amines is 1. The molecule has 1 aromatic heterocycles. The predicted octanol–water partition coefficient (Wildman–Crippen LogP) is 1.77. The van der Waals surface area contributed by atoms with Gasteiger partial charge in [-0.1, -0.05) is 25.1 Å². The molecule has 1 N–H and O–H groups in total. The van der Waals surface area contributed by atoms with Crippen molar-refractivity contribution in [1.82, 2.24) is 9.97 Å². The molecule has 1 rings (SSSR count). The number of H-pyrrole nitrogens is 1. The van der Waals surface area contributed by atoms with Gasteiger partial charge >= 0.3 is 5.97 Å². The highest BCUT2D eigenvalue weighted by Gasteiger charge is 2.08. The summed E-state index contributed by atoms with van der Waals surface area (Å²) >= 11 is 1.18. The molecule has 0 amide bonds. The largest absolute Gasteiger partial charge is 0.462 e. The first-order valence-electron chi connectivity index (χ1n) is 5.93. The summed E-state index contributed by atoms with van der Waals surface area (Å²) in [4.78, 5) is 29.6. The average Bonchev–Trinajstić information content (AvgIpc) is 2.25. The van der Waals surface area contributed by atoms with Crippen LogP contribution >= 0.6 is 11.8 Å². The first kappa shape index (κ1) is 14.8. The molecule has 1 heterocycles. The smallest absolute Gasteiger partial charge is 0.316 e. The van der Waals surface area contributed by atoms with E-state index >= 15 is 0 Å². The number of aromatic nitrogens is 2. The molecule has 6 heteroatoms. The van der Waals surface area contributed by atoms with Crippen molar-refractivity contribution < 1.29 is 9.53 Å². The third-order valence-corrected chi connectivity index (χ3v) is 2.82. The second kappa shape index (κ2) is 7.20. The lowest BCUT2D eigenvalue weighted by Gasteiger charge is -2.07. The highest BCUT2D eigenvalue weighted by Crippen LogP contribution is 2.12. The first-order valence-corrected chi connectivity index (χ1v) is 6.92. The number of thioether (sulfide) groups is 1. The lowest BCUT2D eigenvalue weighted by molar-refractivity contribution is -0.144. The Morgan fingerprint density at radius 2 is 2.28 bits per heavy atom. The molecular weight excluding hydrogens is 252 g/mol. The molecule has 0 saturated heterocycles. The van der Waals surface area contributed by atoms with Crippen LogP contribution in [0.5, 0.6) is 0 Å². The Morgan fingerprint density at radius 1 is 1.56 bits per heavy atom. The number of carbonyl (C=O) groups is 1. The molecule has 0 atom stereocenters. The molecule has 0 aromatic carbocycles. The Balaban J connectivity index is 2.61. The van der Waals surface area contributed by atoms with E-state index in [-0.39, 0.29) is 23.4 Å². The maximum atomic E-state index is 11.4. The van der Waals surface area contributed by atoms with E-state index in [1.54, 1.807) is 13.8 Å². The Bertz CT molecular complexity index is 457. The molecule has 1 aromatic rings. The summed E-state index contributed by atoms with van der Waals surface area (Å²) in [5, 5.41) is 0.464. The van der Waals surface area contributed by atoms with Crippen molar-refractivity contribution >= 4 is 17.7 Å². The molecule has 0 saturated carbocycles. The molecule has 0 fully saturated rings. The zero-order valence-corrected chi connectivity index (χ0v) is 11.7. The third-order valence-electron chi connectivity index (χ3n) is 1.97. The number of rotatable bonds is 6. The van der Waals surface area contributed by atoms with Crippen LogP contribution in [0.2, 0.25) is 0 Å². The van der Waals surface area contributed by atoms with Crippen LogP contribution in [0, 0.1) is 0 Å². The first-order chi connectivity index (χ1) is 8.51. The molecule has 0 radical (unpaired) electrons. The van der Waals surface area contributed by atoms with Gasteiger partial charge in [0.25, 0.3) is 5.56 Å². The molecule has 0 aliphatic heterocycles. The number of esters is 1. The number of carbonyl (C=O) groups excluding carboxylic acids is 1. The summed E-state index contributed by atoms with van der Waals surface area (Å²) in [7, 11) is 0. The standard InChI is InChI=1S/C12H18N2O3S/c1-4-5-9-6-10(15)14-12(13-9)18-7-11(16)17-8(2)3/h6,8H,4-5,7H2,1-3H3,(H,13,14,15). The minimum atomic E-state index is -0.307. The summed E-state index contributed by atoms with van der Waals surface area (Å²) in [5.74, 6) is -0.157. The molecule has 0 spiro atoms. The summed E-state index contributed by atoms with van der Waals surface area (Å²) in [6, 6.07) is 1.49. The number of hydrogen-bond donors (Lipinski definition) is 1. The van der Waals surface area contributed by atoms with E-state index in [0.717, 1.165) is 18.5 Å². The van der Waals surface area contributed by atoms with Crippen molar-refractivity contribution in [3.05, 3.63) is 22.1 Å². The van der Waals surface area contributed by atoms with Crippen LogP contribution in [0.1, 0.15) is 32.9 Å². The van der Waals surface area contributed by atoms with Gasteiger partial charge in [-0.25, -0.2) is 4.98 Å². The minimum Gasteiger partial charge on any atom is -0.462 e. The van der Waals surface area contributed by atoms with E-state index in [2.05, 4.69) is 9.97 Å². The number of nitrogens with one attached hydrogen (secondary N) is 1. The fraction of sp³-hybridized carbons (Fsp3) is 0.583. The summed E-state index contributed by atoms with van der Waals surface area (Å²) in [6.07, 6.45) is 1.56. The Morgan fingerprint density at radius 3 is 2.89 bits per heavy atom. The Kier molecular flexibility index (Phi) is 5.91. The van der Waals surface area contributed by atoms with Crippen LogP contribution in [0.25, 0.3) is 0 Å². The maximum Gasteiger partial charge on any atom is 0.316 e. The van der Waals surface area contributed by atoms with Crippen LogP contribution in [0.3, 0.4) is 0 Å². The zero-order chi connectivity index (χ0) is 13.5. The summed E-state index contributed by atoms with van der Waals surface area (Å²) < 4.78 is 5.00. The van der Waals surface area contributed by atoms with Gasteiger partial charge in [-0.2, -0.15) is 0 Å². The van der Waals surface area contributed by atoms with E-state index in [1.807, 2.05) is 6.92 Å². The Labute approximate surface area is 110 Å². The molecular formula is C12H18N2O3S. The summed E-state index contributed by atoms with van der Waals surface area (Å²) in [5.41, 5.74) is 0.564. The van der Waals surface area contributed by atoms with Gasteiger partial charge in [0.2, 0.25) is 0 Å². The topological polar surface area (TPSA) is 72.0 Å². The molecule has 0 aliphatic rings. The van der Waals surface area contributed by atoms with Crippen LogP contribution in [-0.4, -0.2) is 27.8 Å². The fourth-order valence-corrected chi connectivity index (χ4v) is 2.04. The van der Waals surface area contributed by atoms with Crippen LogP contribution in [0.15, 0.2) is 16.0 Å². The highest BCUT2D eigenvalue weighted by molar-refractivity contribution is 7.99. The Hall–Kier alpha value is -1.30. The van der Waals surface area contributed by atoms with Gasteiger partial charge in [0, 0.05) is 11.8 Å². The van der Waals surface area contributed by atoms with Crippen molar-refractivity contribution in [1.29, 1.82) is 0 Å². The third kappa shape index (κ3) is 5.35. The van der Waals surface area contributed by atoms with E-state index in [1.165, 1.54) is 17.8 Å². The van der Waals surface area contributed by atoms with E-state index in [0.29, 0.717) is 5.16 Å². The van der Waals surface area contributed by atoms with Crippen molar-refractivity contribution in [3.8, 4) is 0 Å². The van der Waals surface area contributed by atoms with Gasteiger partial charge in [0.1, 0.15) is 0 Å². The second-order valence-corrected chi connectivity index (χ2v) is 5.08. The van der Waals surface area contributed by atoms with Crippen LogP contribution in [0.4, 0.5) is 0 Å². The van der Waals surface area contributed by atoms with Crippen LogP contribution in [-0.2, 0) is 16.0 Å². The van der Waals surface area contributed by atoms with Crippen molar-refractivity contribution in [3.63, 3.8) is 0 Å². The van der Waals surface area contributed by atoms with Crippen molar-refractivity contribution in [2.24, 2.45) is 0 Å². The number of hydrogen-bond acceptors (Lipinski definition) is 5. The van der Waals surface area contributed by atoms with E-state index < -0.39 is 0 Å².